The maximum Gasteiger partial charge on any atom is 0.251 e. The van der Waals surface area contributed by atoms with Gasteiger partial charge in [-0.25, -0.2) is 0 Å². The number of nitrogens with one attached hydrogen (secondary N) is 2. The number of carbonyl (C=O) groups is 1. The van der Waals surface area contributed by atoms with Gasteiger partial charge in [-0.05, 0) is 56.5 Å². The molecule has 0 fully saturated rings. The monoisotopic (exact) mass is 232 g/mol. The van der Waals surface area contributed by atoms with Gasteiger partial charge < -0.3 is 10.6 Å². The van der Waals surface area contributed by atoms with Gasteiger partial charge in [0.15, 0.2) is 0 Å². The molecule has 2 rings (SSSR count). The van der Waals surface area contributed by atoms with Crippen molar-refractivity contribution in [2.24, 2.45) is 0 Å². The van der Waals surface area contributed by atoms with Crippen LogP contribution in [0.3, 0.4) is 0 Å². The van der Waals surface area contributed by atoms with Crippen molar-refractivity contribution in [2.75, 3.05) is 13.6 Å². The lowest BCUT2D eigenvalue weighted by Gasteiger charge is -2.12. The quantitative estimate of drug-likeness (QED) is 0.826. The number of benzene rings is 1. The van der Waals surface area contributed by atoms with Crippen LogP contribution in [0.1, 0.15) is 34.8 Å². The molecule has 0 aromatic heterocycles. The Morgan fingerprint density at radius 1 is 1.35 bits per heavy atom. The summed E-state index contributed by atoms with van der Waals surface area (Å²) < 4.78 is 0. The molecular formula is C14H20N2O. The molecule has 3 nitrogen and oxygen atoms in total. The van der Waals surface area contributed by atoms with E-state index in [-0.39, 0.29) is 5.91 Å². The predicted octanol–water partition coefficient (Wildman–Crippen LogP) is 1.51. The Hall–Kier alpha value is -1.35. The van der Waals surface area contributed by atoms with Gasteiger partial charge in [0, 0.05) is 18.2 Å². The minimum atomic E-state index is 0.0294. The number of carbonyl (C=O) groups excluding carboxylic acids is 1. The van der Waals surface area contributed by atoms with E-state index in [9.17, 15) is 4.79 Å². The SMILES string of the molecule is CNC(C)CNC(=O)c1ccc2c(c1)CCC2. The van der Waals surface area contributed by atoms with Crippen LogP contribution in [0.5, 0.6) is 0 Å². The molecule has 3 heteroatoms. The Morgan fingerprint density at radius 3 is 2.88 bits per heavy atom. The van der Waals surface area contributed by atoms with Crippen LogP contribution in [0, 0.1) is 0 Å². The highest BCUT2D eigenvalue weighted by Gasteiger charge is 2.13. The van der Waals surface area contributed by atoms with E-state index in [2.05, 4.69) is 16.7 Å². The normalized spacial score (nSPS) is 15.4. The first-order chi connectivity index (χ1) is 8.20. The average Bonchev–Trinajstić information content (AvgIpc) is 2.82. The second-order valence-corrected chi connectivity index (χ2v) is 4.74. The largest absolute Gasteiger partial charge is 0.350 e. The molecule has 0 bridgehead atoms. The third kappa shape index (κ3) is 2.86. The molecule has 1 aromatic rings. The van der Waals surface area contributed by atoms with Crippen LogP contribution in [-0.4, -0.2) is 25.5 Å². The van der Waals surface area contributed by atoms with Crippen LogP contribution >= 0.6 is 0 Å². The van der Waals surface area contributed by atoms with E-state index in [1.807, 2.05) is 26.1 Å². The molecule has 17 heavy (non-hydrogen) atoms. The molecule has 92 valence electrons. The smallest absolute Gasteiger partial charge is 0.251 e. The summed E-state index contributed by atoms with van der Waals surface area (Å²) in [6, 6.07) is 6.37. The van der Waals surface area contributed by atoms with Crippen LogP contribution in [0.2, 0.25) is 0 Å². The molecule has 0 saturated carbocycles. The van der Waals surface area contributed by atoms with Crippen molar-refractivity contribution in [1.82, 2.24) is 10.6 Å². The minimum absolute atomic E-state index is 0.0294. The Labute approximate surface area is 103 Å². The van der Waals surface area contributed by atoms with E-state index in [1.54, 1.807) is 0 Å². The number of hydrogen-bond acceptors (Lipinski definition) is 2. The third-order valence-electron chi connectivity index (χ3n) is 3.42. The molecule has 0 saturated heterocycles. The Bertz CT molecular complexity index is 415. The highest BCUT2D eigenvalue weighted by atomic mass is 16.1. The van der Waals surface area contributed by atoms with Gasteiger partial charge in [-0.3, -0.25) is 4.79 Å². The molecule has 1 atom stereocenters. The standard InChI is InChI=1S/C14H20N2O/c1-10(15-2)9-16-14(17)13-7-6-11-4-3-5-12(11)8-13/h6-8,10,15H,3-5,9H2,1-2H3,(H,16,17). The molecule has 1 aliphatic rings. The predicted molar refractivity (Wildman–Crippen MR) is 69.3 cm³/mol. The first-order valence-corrected chi connectivity index (χ1v) is 6.28. The van der Waals surface area contributed by atoms with E-state index >= 15 is 0 Å². The maximum absolute atomic E-state index is 11.9. The Kier molecular flexibility index (Phi) is 3.79. The molecule has 0 aliphatic heterocycles. The average molecular weight is 232 g/mol. The van der Waals surface area contributed by atoms with Gasteiger partial charge in [0.25, 0.3) is 5.91 Å². The van der Waals surface area contributed by atoms with Crippen molar-refractivity contribution in [3.8, 4) is 0 Å². The lowest BCUT2D eigenvalue weighted by molar-refractivity contribution is 0.0950. The Balaban J connectivity index is 2.00. The lowest BCUT2D eigenvalue weighted by Crippen LogP contribution is -2.37. The van der Waals surface area contributed by atoms with Gasteiger partial charge in [0.1, 0.15) is 0 Å². The second kappa shape index (κ2) is 5.32. The van der Waals surface area contributed by atoms with Crippen LogP contribution in [0.4, 0.5) is 0 Å². The molecule has 1 aliphatic carbocycles. The Morgan fingerprint density at radius 2 is 2.12 bits per heavy atom. The minimum Gasteiger partial charge on any atom is -0.350 e. The molecule has 1 aromatic carbocycles. The summed E-state index contributed by atoms with van der Waals surface area (Å²) in [7, 11) is 1.90. The van der Waals surface area contributed by atoms with Crippen molar-refractivity contribution >= 4 is 5.91 Å². The zero-order valence-electron chi connectivity index (χ0n) is 10.5. The summed E-state index contributed by atoms with van der Waals surface area (Å²) in [6.45, 7) is 2.70. The van der Waals surface area contributed by atoms with Crippen molar-refractivity contribution in [3.63, 3.8) is 0 Å². The summed E-state index contributed by atoms with van der Waals surface area (Å²) in [5.41, 5.74) is 3.54. The molecule has 1 amide bonds. The van der Waals surface area contributed by atoms with E-state index in [1.165, 1.54) is 17.5 Å². The van der Waals surface area contributed by atoms with E-state index in [4.69, 9.17) is 0 Å². The lowest BCUT2D eigenvalue weighted by atomic mass is 10.1. The zero-order valence-corrected chi connectivity index (χ0v) is 10.5. The summed E-state index contributed by atoms with van der Waals surface area (Å²) in [4.78, 5) is 11.9. The topological polar surface area (TPSA) is 41.1 Å². The number of amides is 1. The fraction of sp³-hybridized carbons (Fsp3) is 0.500. The van der Waals surface area contributed by atoms with Gasteiger partial charge in [0.2, 0.25) is 0 Å². The number of rotatable bonds is 4. The van der Waals surface area contributed by atoms with Crippen LogP contribution in [0.25, 0.3) is 0 Å². The number of likely N-dealkylation sites (N-methyl/N-ethyl adjacent to an activating group) is 1. The van der Waals surface area contributed by atoms with Crippen molar-refractivity contribution in [2.45, 2.75) is 32.2 Å². The van der Waals surface area contributed by atoms with Gasteiger partial charge in [-0.2, -0.15) is 0 Å². The first kappa shape index (κ1) is 12.1. The third-order valence-corrected chi connectivity index (χ3v) is 3.42. The fourth-order valence-corrected chi connectivity index (χ4v) is 2.16. The highest BCUT2D eigenvalue weighted by Crippen LogP contribution is 2.22. The highest BCUT2D eigenvalue weighted by molar-refractivity contribution is 5.94. The van der Waals surface area contributed by atoms with Crippen molar-refractivity contribution in [1.29, 1.82) is 0 Å². The van der Waals surface area contributed by atoms with Gasteiger partial charge in [-0.15, -0.1) is 0 Å². The summed E-state index contributed by atoms with van der Waals surface area (Å²) in [5.74, 6) is 0.0294. The molecule has 2 N–H and O–H groups in total. The number of fused-ring (bicyclic) bond motifs is 1. The van der Waals surface area contributed by atoms with Gasteiger partial charge >= 0.3 is 0 Å². The van der Waals surface area contributed by atoms with Crippen molar-refractivity contribution < 1.29 is 4.79 Å². The van der Waals surface area contributed by atoms with E-state index in [0.717, 1.165) is 18.4 Å². The van der Waals surface area contributed by atoms with Crippen LogP contribution in [-0.2, 0) is 12.8 Å². The van der Waals surface area contributed by atoms with E-state index < -0.39 is 0 Å². The molecule has 0 radical (unpaired) electrons. The second-order valence-electron chi connectivity index (χ2n) is 4.74. The zero-order chi connectivity index (χ0) is 12.3. The molecular weight excluding hydrogens is 212 g/mol. The molecule has 0 heterocycles. The van der Waals surface area contributed by atoms with Crippen LogP contribution < -0.4 is 10.6 Å². The van der Waals surface area contributed by atoms with Crippen molar-refractivity contribution in [3.05, 3.63) is 34.9 Å². The van der Waals surface area contributed by atoms with Crippen LogP contribution in [0.15, 0.2) is 18.2 Å². The fourth-order valence-electron chi connectivity index (χ4n) is 2.16. The molecule has 0 spiro atoms. The summed E-state index contributed by atoms with van der Waals surface area (Å²) >= 11 is 0. The number of aryl methyl sites for hydroxylation is 2. The summed E-state index contributed by atoms with van der Waals surface area (Å²) in [5, 5.41) is 6.04. The van der Waals surface area contributed by atoms with Gasteiger partial charge in [0.05, 0.1) is 0 Å². The van der Waals surface area contributed by atoms with E-state index in [0.29, 0.717) is 12.6 Å². The van der Waals surface area contributed by atoms with Gasteiger partial charge in [-0.1, -0.05) is 6.07 Å². The first-order valence-electron chi connectivity index (χ1n) is 6.28. The number of hydrogen-bond donors (Lipinski definition) is 2. The maximum atomic E-state index is 11.9. The molecule has 1 unspecified atom stereocenters. The summed E-state index contributed by atoms with van der Waals surface area (Å²) in [6.07, 6.45) is 3.49.